The maximum atomic E-state index is 12.8. The molecule has 0 radical (unpaired) electrons. The molecule has 1 aromatic carbocycles. The van der Waals surface area contributed by atoms with Crippen molar-refractivity contribution in [3.63, 3.8) is 0 Å². The summed E-state index contributed by atoms with van der Waals surface area (Å²) in [5.41, 5.74) is 1.81. The first-order chi connectivity index (χ1) is 12.5. The highest BCUT2D eigenvalue weighted by molar-refractivity contribution is 5.89. The molecule has 140 valence electrons. The van der Waals surface area contributed by atoms with Gasteiger partial charge in [-0.3, -0.25) is 9.59 Å². The lowest BCUT2D eigenvalue weighted by atomic mass is 10.1. The number of aromatic amines is 1. The standard InChI is InChI=1S/C19H26N4O3/c1-4-22(19(25)13-10-18(24)23(5-2)12-13)9-8-17-20-15-7-6-14(26-3)11-16(15)21-17/h6-7,11,13H,4-5,8-10,12H2,1-3H3,(H,20,21)/t13-/m1/s1. The van der Waals surface area contributed by atoms with Gasteiger partial charge < -0.3 is 19.5 Å². The molecule has 2 heterocycles. The SMILES string of the molecule is CCN1C[C@H](C(=O)N(CC)CCc2nc3ccc(OC)cc3[nH]2)CC1=O. The number of nitrogens with zero attached hydrogens (tertiary/aromatic N) is 3. The van der Waals surface area contributed by atoms with Gasteiger partial charge in [-0.1, -0.05) is 0 Å². The molecule has 0 spiro atoms. The van der Waals surface area contributed by atoms with Gasteiger partial charge in [0.05, 0.1) is 24.1 Å². The quantitative estimate of drug-likeness (QED) is 0.819. The van der Waals surface area contributed by atoms with Crippen LogP contribution in [-0.2, 0) is 16.0 Å². The first-order valence-corrected chi connectivity index (χ1v) is 9.14. The molecule has 1 aliphatic heterocycles. The topological polar surface area (TPSA) is 78.5 Å². The number of imidazole rings is 1. The second-order valence-corrected chi connectivity index (χ2v) is 6.57. The van der Waals surface area contributed by atoms with E-state index in [1.165, 1.54) is 0 Å². The zero-order chi connectivity index (χ0) is 18.7. The number of fused-ring (bicyclic) bond motifs is 1. The molecule has 0 saturated carbocycles. The predicted octanol–water partition coefficient (Wildman–Crippen LogP) is 1.83. The number of ether oxygens (including phenoxy) is 1. The van der Waals surface area contributed by atoms with Gasteiger partial charge in [-0.2, -0.15) is 0 Å². The average Bonchev–Trinajstić information content (AvgIpc) is 3.23. The molecular weight excluding hydrogens is 332 g/mol. The monoisotopic (exact) mass is 358 g/mol. The number of likely N-dealkylation sites (N-methyl/N-ethyl adjacent to an activating group) is 1. The molecule has 0 aliphatic carbocycles. The maximum absolute atomic E-state index is 12.8. The van der Waals surface area contributed by atoms with Crippen molar-refractivity contribution >= 4 is 22.8 Å². The normalized spacial score (nSPS) is 17.1. The molecule has 1 aromatic heterocycles. The van der Waals surface area contributed by atoms with E-state index < -0.39 is 0 Å². The maximum Gasteiger partial charge on any atom is 0.227 e. The number of methoxy groups -OCH3 is 1. The molecule has 7 nitrogen and oxygen atoms in total. The molecule has 2 aromatic rings. The molecule has 1 aliphatic rings. The number of H-pyrrole nitrogens is 1. The van der Waals surface area contributed by atoms with Crippen molar-refractivity contribution < 1.29 is 14.3 Å². The first kappa shape index (κ1) is 18.2. The third-order valence-electron chi connectivity index (χ3n) is 5.00. The first-order valence-electron chi connectivity index (χ1n) is 9.14. The zero-order valence-electron chi connectivity index (χ0n) is 15.6. The van der Waals surface area contributed by atoms with Crippen molar-refractivity contribution in [3.8, 4) is 5.75 Å². The second kappa shape index (κ2) is 7.76. The molecular formula is C19H26N4O3. The Kier molecular flexibility index (Phi) is 5.44. The summed E-state index contributed by atoms with van der Waals surface area (Å²) in [4.78, 5) is 36.1. The summed E-state index contributed by atoms with van der Waals surface area (Å²) in [6.45, 7) is 6.33. The van der Waals surface area contributed by atoms with E-state index in [1.54, 1.807) is 12.0 Å². The number of likely N-dealkylation sites (tertiary alicyclic amines) is 1. The van der Waals surface area contributed by atoms with Crippen molar-refractivity contribution in [2.24, 2.45) is 5.92 Å². The third-order valence-corrected chi connectivity index (χ3v) is 5.00. The van der Waals surface area contributed by atoms with Crippen LogP contribution in [-0.4, -0.2) is 64.9 Å². The lowest BCUT2D eigenvalue weighted by Crippen LogP contribution is -2.38. The fourth-order valence-electron chi connectivity index (χ4n) is 3.45. The van der Waals surface area contributed by atoms with Gasteiger partial charge >= 0.3 is 0 Å². The highest BCUT2D eigenvalue weighted by Gasteiger charge is 2.35. The minimum absolute atomic E-state index is 0.0644. The zero-order valence-corrected chi connectivity index (χ0v) is 15.6. The van der Waals surface area contributed by atoms with Crippen LogP contribution in [0.1, 0.15) is 26.1 Å². The molecule has 1 saturated heterocycles. The second-order valence-electron chi connectivity index (χ2n) is 6.57. The number of carbonyl (C=O) groups is 2. The van der Waals surface area contributed by atoms with Gasteiger partial charge in [0, 0.05) is 45.1 Å². The van der Waals surface area contributed by atoms with Gasteiger partial charge in [0.15, 0.2) is 0 Å². The van der Waals surface area contributed by atoms with E-state index in [4.69, 9.17) is 4.74 Å². The van der Waals surface area contributed by atoms with Crippen LogP contribution in [0, 0.1) is 5.92 Å². The summed E-state index contributed by atoms with van der Waals surface area (Å²) in [7, 11) is 1.64. The molecule has 2 amide bonds. The highest BCUT2D eigenvalue weighted by atomic mass is 16.5. The van der Waals surface area contributed by atoms with Crippen LogP contribution in [0.4, 0.5) is 0 Å². The smallest absolute Gasteiger partial charge is 0.227 e. The van der Waals surface area contributed by atoms with E-state index in [9.17, 15) is 9.59 Å². The fourth-order valence-corrected chi connectivity index (χ4v) is 3.45. The lowest BCUT2D eigenvalue weighted by molar-refractivity contribution is -0.135. The van der Waals surface area contributed by atoms with Crippen molar-refractivity contribution in [3.05, 3.63) is 24.0 Å². The van der Waals surface area contributed by atoms with Gasteiger partial charge in [-0.15, -0.1) is 0 Å². The van der Waals surface area contributed by atoms with Crippen LogP contribution in [0.5, 0.6) is 5.75 Å². The van der Waals surface area contributed by atoms with Crippen LogP contribution < -0.4 is 4.74 Å². The molecule has 1 atom stereocenters. The predicted molar refractivity (Wildman–Crippen MR) is 99.0 cm³/mol. The number of rotatable bonds is 7. The number of aromatic nitrogens is 2. The fraction of sp³-hybridized carbons (Fsp3) is 0.526. The molecule has 3 rings (SSSR count). The van der Waals surface area contributed by atoms with Gasteiger partial charge in [0.25, 0.3) is 0 Å². The third kappa shape index (κ3) is 3.66. The lowest BCUT2D eigenvalue weighted by Gasteiger charge is -2.23. The highest BCUT2D eigenvalue weighted by Crippen LogP contribution is 2.21. The van der Waals surface area contributed by atoms with E-state index in [-0.39, 0.29) is 17.7 Å². The minimum atomic E-state index is -0.220. The number of carbonyl (C=O) groups excluding carboxylic acids is 2. The number of amides is 2. The Morgan fingerprint density at radius 2 is 2.23 bits per heavy atom. The van der Waals surface area contributed by atoms with Crippen LogP contribution in [0.3, 0.4) is 0 Å². The number of benzene rings is 1. The summed E-state index contributed by atoms with van der Waals surface area (Å²) < 4.78 is 5.23. The molecule has 26 heavy (non-hydrogen) atoms. The average molecular weight is 358 g/mol. The Bertz CT molecular complexity index is 801. The van der Waals surface area contributed by atoms with Crippen molar-refractivity contribution in [1.82, 2.24) is 19.8 Å². The summed E-state index contributed by atoms with van der Waals surface area (Å²) in [5, 5.41) is 0. The Hall–Kier alpha value is -2.57. The Morgan fingerprint density at radius 3 is 2.88 bits per heavy atom. The number of hydrogen-bond donors (Lipinski definition) is 1. The molecule has 0 bridgehead atoms. The van der Waals surface area contributed by atoms with Crippen LogP contribution in [0.25, 0.3) is 11.0 Å². The van der Waals surface area contributed by atoms with E-state index >= 15 is 0 Å². The van der Waals surface area contributed by atoms with Gasteiger partial charge in [0.2, 0.25) is 11.8 Å². The van der Waals surface area contributed by atoms with E-state index in [1.807, 2.05) is 36.9 Å². The van der Waals surface area contributed by atoms with Crippen LogP contribution in [0.15, 0.2) is 18.2 Å². The van der Waals surface area contributed by atoms with E-state index in [2.05, 4.69) is 9.97 Å². The number of nitrogens with one attached hydrogen (secondary N) is 1. The van der Waals surface area contributed by atoms with Crippen LogP contribution >= 0.6 is 0 Å². The molecule has 0 unspecified atom stereocenters. The van der Waals surface area contributed by atoms with Crippen molar-refractivity contribution in [2.75, 3.05) is 33.3 Å². The van der Waals surface area contributed by atoms with E-state index in [0.29, 0.717) is 39.0 Å². The van der Waals surface area contributed by atoms with E-state index in [0.717, 1.165) is 22.6 Å². The summed E-state index contributed by atoms with van der Waals surface area (Å²) in [6.07, 6.45) is 0.975. The molecule has 1 fully saturated rings. The largest absolute Gasteiger partial charge is 0.497 e. The Morgan fingerprint density at radius 1 is 1.42 bits per heavy atom. The minimum Gasteiger partial charge on any atom is -0.497 e. The van der Waals surface area contributed by atoms with Crippen molar-refractivity contribution in [1.29, 1.82) is 0 Å². The molecule has 1 N–H and O–H groups in total. The van der Waals surface area contributed by atoms with Crippen LogP contribution in [0.2, 0.25) is 0 Å². The summed E-state index contributed by atoms with van der Waals surface area (Å²) >= 11 is 0. The number of hydrogen-bond acceptors (Lipinski definition) is 4. The van der Waals surface area contributed by atoms with Gasteiger partial charge in [-0.05, 0) is 26.0 Å². The Balaban J connectivity index is 1.63. The van der Waals surface area contributed by atoms with Crippen molar-refractivity contribution in [2.45, 2.75) is 26.7 Å². The summed E-state index contributed by atoms with van der Waals surface area (Å²) in [6, 6.07) is 5.71. The van der Waals surface area contributed by atoms with Gasteiger partial charge in [-0.25, -0.2) is 4.98 Å². The van der Waals surface area contributed by atoms with Gasteiger partial charge in [0.1, 0.15) is 11.6 Å². The molecule has 7 heteroatoms. The Labute approximate surface area is 153 Å². The summed E-state index contributed by atoms with van der Waals surface area (Å²) in [5.74, 6) is 1.55.